The van der Waals surface area contributed by atoms with Crippen molar-refractivity contribution < 1.29 is 9.13 Å². The van der Waals surface area contributed by atoms with Crippen molar-refractivity contribution in [2.45, 2.75) is 24.1 Å². The predicted molar refractivity (Wildman–Crippen MR) is 120 cm³/mol. The Morgan fingerprint density at radius 3 is 3.10 bits per heavy atom. The van der Waals surface area contributed by atoms with Crippen LogP contribution in [0, 0.1) is 24.1 Å². The normalized spacial score (nSPS) is 24.1. The molecule has 0 saturated heterocycles. The van der Waals surface area contributed by atoms with Gasteiger partial charge in [0.15, 0.2) is 17.6 Å². The summed E-state index contributed by atoms with van der Waals surface area (Å²) < 4.78 is 20.2. The van der Waals surface area contributed by atoms with Crippen LogP contribution >= 0.6 is 11.8 Å². The highest BCUT2D eigenvalue weighted by atomic mass is 32.2. The molecule has 2 aliphatic rings. The van der Waals surface area contributed by atoms with Gasteiger partial charge in [-0.25, -0.2) is 19.3 Å². The van der Waals surface area contributed by atoms with Gasteiger partial charge in [0.05, 0.1) is 17.3 Å². The largest absolute Gasteiger partial charge is 0.463 e. The molecule has 1 aliphatic carbocycles. The Hall–Kier alpha value is -3.38. The molecule has 0 unspecified atom stereocenters. The number of pyridine rings is 1. The number of ether oxygens (including phenoxy) is 1. The predicted octanol–water partition coefficient (Wildman–Crippen LogP) is 3.58. The first-order chi connectivity index (χ1) is 15.0. The number of amidine groups is 1. The van der Waals surface area contributed by atoms with Gasteiger partial charge in [-0.05, 0) is 37.6 Å². The molecule has 0 bridgehead atoms. The summed E-state index contributed by atoms with van der Waals surface area (Å²) in [6, 6.07) is 6.61. The number of nitrogens with two attached hydrogens (primary N) is 1. The molecule has 156 valence electrons. The lowest BCUT2D eigenvalue weighted by molar-refractivity contribution is 0.355. The Labute approximate surface area is 182 Å². The third-order valence-electron chi connectivity index (χ3n) is 5.58. The van der Waals surface area contributed by atoms with E-state index in [0.29, 0.717) is 44.4 Å². The fraction of sp³-hybridized carbons (Fsp3) is 0.273. The summed E-state index contributed by atoms with van der Waals surface area (Å²) in [5, 5.41) is 4.14. The van der Waals surface area contributed by atoms with Crippen LogP contribution in [0.5, 0.6) is 5.88 Å². The lowest BCUT2D eigenvalue weighted by Crippen LogP contribution is -2.31. The van der Waals surface area contributed by atoms with Gasteiger partial charge in [-0.2, -0.15) is 0 Å². The molecule has 2 aromatic heterocycles. The molecule has 9 heteroatoms. The minimum atomic E-state index is -0.684. The molecular formula is C22H19FN6OS. The van der Waals surface area contributed by atoms with Gasteiger partial charge in [-0.15, -0.1) is 6.42 Å². The van der Waals surface area contributed by atoms with E-state index in [1.54, 1.807) is 36.2 Å². The molecule has 3 heterocycles. The summed E-state index contributed by atoms with van der Waals surface area (Å²) in [5.74, 6) is 3.21. The second kappa shape index (κ2) is 7.39. The van der Waals surface area contributed by atoms with Crippen LogP contribution in [0.1, 0.15) is 18.9 Å². The molecule has 31 heavy (non-hydrogen) atoms. The van der Waals surface area contributed by atoms with Crippen LogP contribution in [0.15, 0.2) is 41.7 Å². The Morgan fingerprint density at radius 1 is 1.39 bits per heavy atom. The molecule has 1 fully saturated rings. The molecule has 0 amide bonds. The maximum absolute atomic E-state index is 14.8. The van der Waals surface area contributed by atoms with E-state index >= 15 is 0 Å². The average Bonchev–Trinajstić information content (AvgIpc) is 3.54. The maximum Gasteiger partial charge on any atom is 0.233 e. The van der Waals surface area contributed by atoms with Gasteiger partial charge in [-0.3, -0.25) is 4.99 Å². The first-order valence-electron chi connectivity index (χ1n) is 9.75. The van der Waals surface area contributed by atoms with Gasteiger partial charge in [0.25, 0.3) is 0 Å². The molecule has 5 rings (SSSR count). The van der Waals surface area contributed by atoms with E-state index in [0.717, 1.165) is 6.42 Å². The number of rotatable bonds is 5. The van der Waals surface area contributed by atoms with Crippen LogP contribution in [0.3, 0.4) is 0 Å². The number of anilines is 2. The summed E-state index contributed by atoms with van der Waals surface area (Å²) in [6.45, 7) is 2.06. The third-order valence-corrected chi connectivity index (χ3v) is 6.74. The maximum atomic E-state index is 14.8. The van der Waals surface area contributed by atoms with Gasteiger partial charge in [-0.1, -0.05) is 17.7 Å². The van der Waals surface area contributed by atoms with Crippen molar-refractivity contribution in [3.63, 3.8) is 0 Å². The average molecular weight is 435 g/mol. The van der Waals surface area contributed by atoms with Crippen molar-refractivity contribution in [2.75, 3.05) is 11.9 Å². The highest BCUT2D eigenvalue weighted by Crippen LogP contribution is 2.57. The zero-order valence-corrected chi connectivity index (χ0v) is 17.5. The lowest BCUT2D eigenvalue weighted by Gasteiger charge is -2.30. The number of fused-ring (bicyclic) bond motifs is 2. The number of aromatic nitrogens is 3. The van der Waals surface area contributed by atoms with E-state index in [1.165, 1.54) is 12.3 Å². The highest BCUT2D eigenvalue weighted by molar-refractivity contribution is 8.14. The van der Waals surface area contributed by atoms with Crippen LogP contribution in [-0.2, 0) is 5.54 Å². The summed E-state index contributed by atoms with van der Waals surface area (Å²) in [4.78, 5) is 17.8. The lowest BCUT2D eigenvalue weighted by atomic mass is 9.86. The number of hydrogen-bond donors (Lipinski definition) is 2. The first-order valence-corrected chi connectivity index (χ1v) is 10.6. The van der Waals surface area contributed by atoms with Crippen LogP contribution < -0.4 is 15.8 Å². The van der Waals surface area contributed by atoms with Gasteiger partial charge >= 0.3 is 0 Å². The van der Waals surface area contributed by atoms with E-state index < -0.39 is 5.54 Å². The molecular weight excluding hydrogens is 415 g/mol. The summed E-state index contributed by atoms with van der Waals surface area (Å²) in [7, 11) is 0. The molecule has 1 aromatic carbocycles. The van der Waals surface area contributed by atoms with Crippen molar-refractivity contribution >= 4 is 39.5 Å². The summed E-state index contributed by atoms with van der Waals surface area (Å²) >= 11 is 1.58. The monoisotopic (exact) mass is 434 g/mol. The minimum absolute atomic E-state index is 0.112. The van der Waals surface area contributed by atoms with E-state index in [1.807, 2.05) is 6.92 Å². The molecule has 3 atom stereocenters. The van der Waals surface area contributed by atoms with Gasteiger partial charge in [0, 0.05) is 28.6 Å². The Morgan fingerprint density at radius 2 is 2.26 bits per heavy atom. The summed E-state index contributed by atoms with van der Waals surface area (Å²) in [5.41, 5.74) is 7.68. The van der Waals surface area contributed by atoms with Gasteiger partial charge < -0.3 is 15.8 Å². The van der Waals surface area contributed by atoms with Crippen molar-refractivity contribution in [2.24, 2.45) is 16.6 Å². The molecule has 3 aromatic rings. The number of terminal acetylenes is 1. The molecule has 1 saturated carbocycles. The Kier molecular flexibility index (Phi) is 4.67. The third kappa shape index (κ3) is 3.53. The number of aliphatic imine (C=N–C) groups is 1. The Bertz CT molecular complexity index is 1260. The number of benzene rings is 1. The zero-order chi connectivity index (χ0) is 21.6. The number of thioether (sulfide) groups is 1. The second-order valence-electron chi connectivity index (χ2n) is 7.64. The number of halogens is 1. The summed E-state index contributed by atoms with van der Waals surface area (Å²) in [6.07, 6.45) is 9.31. The van der Waals surface area contributed by atoms with E-state index in [4.69, 9.17) is 16.9 Å². The molecule has 7 nitrogen and oxygen atoms in total. The van der Waals surface area contributed by atoms with Crippen molar-refractivity contribution in [3.8, 4) is 18.2 Å². The highest BCUT2D eigenvalue weighted by Gasteiger charge is 2.55. The first kappa shape index (κ1) is 19.6. The zero-order valence-electron chi connectivity index (χ0n) is 16.7. The van der Waals surface area contributed by atoms with E-state index in [2.05, 4.69) is 31.2 Å². The van der Waals surface area contributed by atoms with Crippen molar-refractivity contribution in [1.82, 2.24) is 15.0 Å². The smallest absolute Gasteiger partial charge is 0.233 e. The molecule has 0 radical (unpaired) electrons. The van der Waals surface area contributed by atoms with Gasteiger partial charge in [0.1, 0.15) is 11.3 Å². The quantitative estimate of drug-likeness (QED) is 0.592. The SMILES string of the molecule is C#CCOc1cnc2c(Nc3ccc(F)c([C@@]4(C)N=C(N)S[C@H]5C[C@H]54)c3)nccc2n1. The van der Waals surface area contributed by atoms with Crippen LogP contribution in [0.4, 0.5) is 15.9 Å². The van der Waals surface area contributed by atoms with Crippen LogP contribution in [0.2, 0.25) is 0 Å². The van der Waals surface area contributed by atoms with Crippen molar-refractivity contribution in [3.05, 3.63) is 48.0 Å². The van der Waals surface area contributed by atoms with E-state index in [9.17, 15) is 4.39 Å². The fourth-order valence-corrected chi connectivity index (χ4v) is 5.26. The van der Waals surface area contributed by atoms with Crippen LogP contribution in [-0.4, -0.2) is 32.0 Å². The fourth-order valence-electron chi connectivity index (χ4n) is 3.98. The van der Waals surface area contributed by atoms with Gasteiger partial charge in [0.2, 0.25) is 5.88 Å². The standard InChI is InChI=1S/C22H19FN6OS/c1-3-8-30-18-11-26-19-16(28-18)6-7-25-20(19)27-12-4-5-15(23)13(9-12)22(2)14-10-17(14)31-21(24)29-22/h1,4-7,9,11,14,17H,8,10H2,2H3,(H2,24,29)(H,25,27)/t14-,17+,22-/m1/s1. The molecule has 1 aliphatic heterocycles. The van der Waals surface area contributed by atoms with E-state index in [-0.39, 0.29) is 18.3 Å². The van der Waals surface area contributed by atoms with Crippen molar-refractivity contribution in [1.29, 1.82) is 0 Å². The number of nitrogens with one attached hydrogen (secondary N) is 1. The number of nitrogens with zero attached hydrogens (tertiary/aromatic N) is 4. The number of hydrogen-bond acceptors (Lipinski definition) is 8. The second-order valence-corrected chi connectivity index (χ2v) is 8.90. The molecule has 3 N–H and O–H groups in total. The minimum Gasteiger partial charge on any atom is -0.463 e. The molecule has 0 spiro atoms. The topological polar surface area (TPSA) is 98.3 Å². The Balaban J connectivity index is 1.49. The van der Waals surface area contributed by atoms with Crippen LogP contribution in [0.25, 0.3) is 11.0 Å².